The van der Waals surface area contributed by atoms with Crippen LogP contribution in [0.2, 0.25) is 0 Å². The summed E-state index contributed by atoms with van der Waals surface area (Å²) in [6.45, 7) is 7.20. The van der Waals surface area contributed by atoms with Crippen molar-refractivity contribution in [2.24, 2.45) is 11.8 Å². The van der Waals surface area contributed by atoms with Gasteiger partial charge >= 0.3 is 0 Å². The lowest BCUT2D eigenvalue weighted by molar-refractivity contribution is 0.400. The standard InChI is InChI=1S/C24H27N3O.H2/c1-4-18(14-27-10-9-25-15-27)26-22-11-17-13-24(3,23-6-5-16(2)28-23)8-7-19(17)20-12-21(20)22;/h4-7,9-11,13,15,20-21,26H,8,12,14H2,1-3H3;1H/b18-4-;. The van der Waals surface area contributed by atoms with Crippen molar-refractivity contribution in [2.75, 3.05) is 0 Å². The minimum atomic E-state index is -0.0728. The van der Waals surface area contributed by atoms with Gasteiger partial charge < -0.3 is 14.3 Å². The molecule has 0 bridgehead atoms. The van der Waals surface area contributed by atoms with E-state index in [-0.39, 0.29) is 6.84 Å². The Hall–Kier alpha value is -2.75. The van der Waals surface area contributed by atoms with Crippen LogP contribution in [0.15, 0.2) is 82.1 Å². The number of imidazole rings is 1. The number of nitrogens with one attached hydrogen (secondary N) is 1. The topological polar surface area (TPSA) is 43.0 Å². The van der Waals surface area contributed by atoms with E-state index in [0.717, 1.165) is 24.5 Å². The molecule has 3 atom stereocenters. The summed E-state index contributed by atoms with van der Waals surface area (Å²) in [5.74, 6) is 3.35. The average molecular weight is 376 g/mol. The smallest absolute Gasteiger partial charge is 0.114 e. The Morgan fingerprint density at radius 3 is 3.04 bits per heavy atom. The normalized spacial score (nSPS) is 28.7. The number of aromatic nitrogens is 2. The second-order valence-electron chi connectivity index (χ2n) is 8.51. The van der Waals surface area contributed by atoms with Crippen molar-refractivity contribution in [3.8, 4) is 0 Å². The molecule has 3 aliphatic rings. The van der Waals surface area contributed by atoms with E-state index in [4.69, 9.17) is 4.42 Å². The number of furan rings is 1. The van der Waals surface area contributed by atoms with Crippen molar-refractivity contribution in [1.82, 2.24) is 14.9 Å². The summed E-state index contributed by atoms with van der Waals surface area (Å²) in [4.78, 5) is 4.15. The Bertz CT molecular complexity index is 1020. The van der Waals surface area contributed by atoms with E-state index >= 15 is 0 Å². The SMILES string of the molecule is C/C=C(/Cn1ccnc1)NC1=CC2=CC(C)(c3ccc(C)o3)CC=C2C2CC12.[HH]. The van der Waals surface area contributed by atoms with Gasteiger partial charge in [-0.05, 0) is 68.9 Å². The minimum absolute atomic E-state index is 0. The molecule has 5 rings (SSSR count). The highest BCUT2D eigenvalue weighted by Crippen LogP contribution is 2.56. The first-order chi connectivity index (χ1) is 13.6. The number of hydrogen-bond donors (Lipinski definition) is 1. The van der Waals surface area contributed by atoms with Gasteiger partial charge in [0.1, 0.15) is 11.5 Å². The van der Waals surface area contributed by atoms with Crippen LogP contribution in [-0.4, -0.2) is 9.55 Å². The van der Waals surface area contributed by atoms with Gasteiger partial charge in [0.25, 0.3) is 0 Å². The molecule has 0 saturated heterocycles. The first kappa shape index (κ1) is 17.4. The lowest BCUT2D eigenvalue weighted by atomic mass is 9.74. The Morgan fingerprint density at radius 1 is 1.43 bits per heavy atom. The van der Waals surface area contributed by atoms with Crippen LogP contribution in [0.3, 0.4) is 0 Å². The van der Waals surface area contributed by atoms with E-state index in [0.29, 0.717) is 11.8 Å². The maximum atomic E-state index is 5.98. The van der Waals surface area contributed by atoms with Gasteiger partial charge in [-0.2, -0.15) is 0 Å². The molecule has 3 aliphatic carbocycles. The van der Waals surface area contributed by atoms with Crippen molar-refractivity contribution >= 4 is 0 Å². The number of hydrogen-bond acceptors (Lipinski definition) is 3. The molecule has 28 heavy (non-hydrogen) atoms. The molecule has 1 fully saturated rings. The molecule has 2 aromatic rings. The molecule has 0 aromatic carbocycles. The lowest BCUT2D eigenvalue weighted by Crippen LogP contribution is -2.25. The molecule has 2 heterocycles. The number of aryl methyl sites for hydroxylation is 1. The van der Waals surface area contributed by atoms with Gasteiger partial charge in [0.2, 0.25) is 0 Å². The third-order valence-corrected chi connectivity index (χ3v) is 6.32. The van der Waals surface area contributed by atoms with Crippen LogP contribution in [0.5, 0.6) is 0 Å². The molecular weight excluding hydrogens is 346 g/mol. The zero-order chi connectivity index (χ0) is 19.3. The number of allylic oxidation sites excluding steroid dienone is 8. The summed E-state index contributed by atoms with van der Waals surface area (Å²) in [6, 6.07) is 4.19. The second-order valence-corrected chi connectivity index (χ2v) is 8.51. The van der Waals surface area contributed by atoms with Gasteiger partial charge in [0, 0.05) is 36.5 Å². The first-order valence-corrected chi connectivity index (χ1v) is 10.2. The van der Waals surface area contributed by atoms with E-state index in [1.165, 1.54) is 29.0 Å². The molecule has 0 aliphatic heterocycles. The largest absolute Gasteiger partial charge is 0.465 e. The molecular formula is C24H29N3O. The maximum Gasteiger partial charge on any atom is 0.114 e. The van der Waals surface area contributed by atoms with Crippen LogP contribution in [0, 0.1) is 18.8 Å². The van der Waals surface area contributed by atoms with Crippen LogP contribution in [0.25, 0.3) is 0 Å². The second kappa shape index (κ2) is 6.40. The van der Waals surface area contributed by atoms with Gasteiger partial charge in [-0.15, -0.1) is 0 Å². The highest BCUT2D eigenvalue weighted by molar-refractivity contribution is 5.56. The van der Waals surface area contributed by atoms with E-state index in [1.54, 1.807) is 0 Å². The monoisotopic (exact) mass is 375 g/mol. The third kappa shape index (κ3) is 2.97. The Kier molecular flexibility index (Phi) is 3.97. The predicted octanol–water partition coefficient (Wildman–Crippen LogP) is 5.27. The zero-order valence-electron chi connectivity index (χ0n) is 16.8. The molecule has 2 aromatic heterocycles. The van der Waals surface area contributed by atoms with E-state index in [9.17, 15) is 0 Å². The van der Waals surface area contributed by atoms with Crippen molar-refractivity contribution in [1.29, 1.82) is 0 Å². The third-order valence-electron chi connectivity index (χ3n) is 6.32. The summed E-state index contributed by atoms with van der Waals surface area (Å²) in [7, 11) is 0. The van der Waals surface area contributed by atoms with Crippen molar-refractivity contribution in [3.05, 3.63) is 89.2 Å². The van der Waals surface area contributed by atoms with Crippen LogP contribution in [-0.2, 0) is 12.0 Å². The fraction of sp³-hybridized carbons (Fsp3) is 0.375. The molecule has 0 radical (unpaired) electrons. The zero-order valence-corrected chi connectivity index (χ0v) is 16.8. The summed E-state index contributed by atoms with van der Waals surface area (Å²) in [5.41, 5.74) is 5.39. The predicted molar refractivity (Wildman–Crippen MR) is 112 cm³/mol. The highest BCUT2D eigenvalue weighted by atomic mass is 16.3. The number of nitrogens with zero attached hydrogens (tertiary/aromatic N) is 2. The van der Waals surface area contributed by atoms with Crippen molar-refractivity contribution in [2.45, 2.75) is 45.6 Å². The van der Waals surface area contributed by atoms with Crippen molar-refractivity contribution < 1.29 is 5.84 Å². The van der Waals surface area contributed by atoms with Gasteiger partial charge in [0.05, 0.1) is 12.9 Å². The molecule has 4 nitrogen and oxygen atoms in total. The first-order valence-electron chi connectivity index (χ1n) is 10.2. The fourth-order valence-corrected chi connectivity index (χ4v) is 4.58. The quantitative estimate of drug-likeness (QED) is 0.774. The van der Waals surface area contributed by atoms with Crippen molar-refractivity contribution in [3.63, 3.8) is 0 Å². The van der Waals surface area contributed by atoms with Gasteiger partial charge in [0.15, 0.2) is 0 Å². The fourth-order valence-electron chi connectivity index (χ4n) is 4.58. The molecule has 4 heteroatoms. The molecule has 3 unspecified atom stereocenters. The van der Waals surface area contributed by atoms with Crippen LogP contribution < -0.4 is 5.32 Å². The Morgan fingerprint density at radius 2 is 2.32 bits per heavy atom. The van der Waals surface area contributed by atoms with Crippen LogP contribution in [0.4, 0.5) is 0 Å². The van der Waals surface area contributed by atoms with Crippen LogP contribution in [0.1, 0.15) is 39.6 Å². The summed E-state index contributed by atoms with van der Waals surface area (Å²) in [6.07, 6.45) is 17.4. The Labute approximate surface area is 167 Å². The van der Waals surface area contributed by atoms with Gasteiger partial charge in [-0.3, -0.25) is 0 Å². The average Bonchev–Trinajstić information content (AvgIpc) is 3.08. The molecule has 0 amide bonds. The Balaban J connectivity index is 0.00000205. The van der Waals surface area contributed by atoms with E-state index in [2.05, 4.69) is 65.2 Å². The number of fused-ring (bicyclic) bond motifs is 3. The molecule has 146 valence electrons. The molecule has 0 spiro atoms. The van der Waals surface area contributed by atoms with Gasteiger partial charge in [-0.25, -0.2) is 4.98 Å². The molecule has 1 N–H and O–H groups in total. The minimum Gasteiger partial charge on any atom is -0.465 e. The number of rotatable bonds is 5. The molecule has 1 saturated carbocycles. The van der Waals surface area contributed by atoms with E-state index < -0.39 is 0 Å². The summed E-state index contributed by atoms with van der Waals surface area (Å²) >= 11 is 0. The van der Waals surface area contributed by atoms with Crippen LogP contribution >= 0.6 is 0 Å². The highest BCUT2D eigenvalue weighted by Gasteiger charge is 2.48. The summed E-state index contributed by atoms with van der Waals surface area (Å²) < 4.78 is 8.08. The maximum absolute atomic E-state index is 5.98. The van der Waals surface area contributed by atoms with E-state index in [1.807, 2.05) is 25.6 Å². The van der Waals surface area contributed by atoms with Gasteiger partial charge in [-0.1, -0.05) is 18.2 Å². The lowest BCUT2D eigenvalue weighted by Gasteiger charge is -2.31. The summed E-state index contributed by atoms with van der Waals surface area (Å²) in [5, 5.41) is 3.72.